The van der Waals surface area contributed by atoms with E-state index >= 15 is 0 Å². The predicted octanol–water partition coefficient (Wildman–Crippen LogP) is 2.36. The molecule has 1 fully saturated rings. The van der Waals surface area contributed by atoms with E-state index in [2.05, 4.69) is 0 Å². The fourth-order valence-electron chi connectivity index (χ4n) is 2.80. The number of likely N-dealkylation sites (N-methyl/N-ethyl adjacent to an activating group) is 1. The fourth-order valence-corrected chi connectivity index (χ4v) is 3.07. The molecule has 5 heteroatoms. The van der Waals surface area contributed by atoms with Crippen LogP contribution in [0.4, 0.5) is 5.69 Å². The van der Waals surface area contributed by atoms with Crippen molar-refractivity contribution in [3.63, 3.8) is 0 Å². The lowest BCUT2D eigenvalue weighted by Crippen LogP contribution is -2.44. The molecule has 0 heterocycles. The Kier molecular flexibility index (Phi) is 4.32. The third kappa shape index (κ3) is 2.85. The molecule has 1 aromatic rings. The summed E-state index contributed by atoms with van der Waals surface area (Å²) in [5.74, 6) is -0.0438. The molecule has 2 unspecified atom stereocenters. The lowest BCUT2D eigenvalue weighted by molar-refractivity contribution is 0.106. The lowest BCUT2D eigenvalue weighted by atomic mass is 9.91. The van der Waals surface area contributed by atoms with Crippen LogP contribution in [0.1, 0.15) is 31.2 Å². The zero-order valence-corrected chi connectivity index (χ0v) is 11.8. The monoisotopic (exact) mass is 281 g/mol. The highest BCUT2D eigenvalue weighted by molar-refractivity contribution is 6.34. The van der Waals surface area contributed by atoms with E-state index in [4.69, 9.17) is 22.7 Å². The third-order valence-electron chi connectivity index (χ3n) is 3.83. The predicted molar refractivity (Wildman–Crippen MR) is 79.1 cm³/mol. The second-order valence-electron chi connectivity index (χ2n) is 5.08. The summed E-state index contributed by atoms with van der Waals surface area (Å²) in [5, 5.41) is 18.3. The highest BCUT2D eigenvalue weighted by atomic mass is 35.5. The van der Waals surface area contributed by atoms with Crippen LogP contribution in [0.2, 0.25) is 5.02 Å². The zero-order chi connectivity index (χ0) is 14.0. The van der Waals surface area contributed by atoms with Crippen LogP contribution in [0, 0.1) is 5.41 Å². The van der Waals surface area contributed by atoms with Crippen LogP contribution in [0.3, 0.4) is 0 Å². The number of hydrogen-bond donors (Lipinski definition) is 3. The molecule has 0 amide bonds. The third-order valence-corrected chi connectivity index (χ3v) is 4.15. The molecule has 4 nitrogen and oxygen atoms in total. The van der Waals surface area contributed by atoms with E-state index in [9.17, 15) is 5.11 Å². The van der Waals surface area contributed by atoms with Crippen molar-refractivity contribution in [2.45, 2.75) is 37.8 Å². The molecule has 0 aromatic heterocycles. The standard InChI is InChI=1S/C14H20ClN3O/c1-18(10-6-2-3-8-12(10)19)11-7-4-5-9(15)13(11)14(16)17/h4-5,7,10,12,19H,2-3,6,8H2,1H3,(H3,16,17). The maximum atomic E-state index is 10.1. The van der Waals surface area contributed by atoms with Crippen LogP contribution < -0.4 is 10.6 Å². The normalized spacial score (nSPS) is 23.1. The molecule has 0 saturated heterocycles. The van der Waals surface area contributed by atoms with E-state index in [1.54, 1.807) is 6.07 Å². The number of aliphatic hydroxyl groups excluding tert-OH is 1. The number of benzene rings is 1. The lowest BCUT2D eigenvalue weighted by Gasteiger charge is -2.37. The van der Waals surface area contributed by atoms with Crippen molar-refractivity contribution < 1.29 is 5.11 Å². The Morgan fingerprint density at radius 2 is 2.11 bits per heavy atom. The van der Waals surface area contributed by atoms with E-state index in [0.29, 0.717) is 10.6 Å². The first-order valence-electron chi connectivity index (χ1n) is 6.56. The second kappa shape index (κ2) is 5.80. The molecule has 0 spiro atoms. The number of anilines is 1. The molecule has 1 aliphatic rings. The van der Waals surface area contributed by atoms with Gasteiger partial charge in [0, 0.05) is 12.7 Å². The first-order chi connectivity index (χ1) is 9.02. The quantitative estimate of drug-likeness (QED) is 0.588. The molecule has 2 rings (SSSR count). The molecule has 1 aromatic carbocycles. The molecule has 0 bridgehead atoms. The van der Waals surface area contributed by atoms with Gasteiger partial charge in [-0.25, -0.2) is 0 Å². The number of hydrogen-bond acceptors (Lipinski definition) is 3. The van der Waals surface area contributed by atoms with Gasteiger partial charge in [0.2, 0.25) is 0 Å². The van der Waals surface area contributed by atoms with Gasteiger partial charge in [0.1, 0.15) is 5.84 Å². The number of amidine groups is 1. The van der Waals surface area contributed by atoms with Gasteiger partial charge < -0.3 is 15.7 Å². The number of nitrogens with one attached hydrogen (secondary N) is 1. The van der Waals surface area contributed by atoms with Crippen molar-refractivity contribution in [3.8, 4) is 0 Å². The molecule has 1 aliphatic carbocycles. The molecule has 1 saturated carbocycles. The van der Waals surface area contributed by atoms with Crippen molar-refractivity contribution in [2.24, 2.45) is 5.73 Å². The summed E-state index contributed by atoms with van der Waals surface area (Å²) >= 11 is 6.13. The van der Waals surface area contributed by atoms with Crippen LogP contribution in [-0.4, -0.2) is 30.1 Å². The Balaban J connectivity index is 2.35. The fraction of sp³-hybridized carbons (Fsp3) is 0.500. The van der Waals surface area contributed by atoms with Gasteiger partial charge in [-0.1, -0.05) is 30.5 Å². The van der Waals surface area contributed by atoms with Gasteiger partial charge in [-0.05, 0) is 25.0 Å². The molecule has 0 radical (unpaired) electrons. The van der Waals surface area contributed by atoms with E-state index in [0.717, 1.165) is 31.4 Å². The summed E-state index contributed by atoms with van der Waals surface area (Å²) in [6.07, 6.45) is 3.62. The molecule has 104 valence electrons. The Morgan fingerprint density at radius 3 is 2.74 bits per heavy atom. The highest BCUT2D eigenvalue weighted by Gasteiger charge is 2.28. The summed E-state index contributed by atoms with van der Waals surface area (Å²) in [6, 6.07) is 5.53. The molecule has 2 atom stereocenters. The first-order valence-corrected chi connectivity index (χ1v) is 6.94. The Morgan fingerprint density at radius 1 is 1.42 bits per heavy atom. The van der Waals surface area contributed by atoms with Crippen molar-refractivity contribution >= 4 is 23.1 Å². The van der Waals surface area contributed by atoms with Gasteiger partial charge in [-0.2, -0.15) is 0 Å². The smallest absolute Gasteiger partial charge is 0.126 e. The summed E-state index contributed by atoms with van der Waals surface area (Å²) in [6.45, 7) is 0. The summed E-state index contributed by atoms with van der Waals surface area (Å²) in [7, 11) is 1.93. The number of nitrogen functional groups attached to an aromatic ring is 1. The SMILES string of the molecule is CN(c1cccc(Cl)c1C(=N)N)C1CCCCC1O. The van der Waals surface area contributed by atoms with Crippen LogP contribution in [0.15, 0.2) is 18.2 Å². The van der Waals surface area contributed by atoms with E-state index in [1.165, 1.54) is 0 Å². The van der Waals surface area contributed by atoms with Crippen LogP contribution in [0.25, 0.3) is 0 Å². The Hall–Kier alpha value is -1.26. The Bertz CT molecular complexity index is 478. The maximum absolute atomic E-state index is 10.1. The van der Waals surface area contributed by atoms with Gasteiger partial charge in [0.15, 0.2) is 0 Å². The molecule has 0 aliphatic heterocycles. The number of aliphatic hydroxyl groups is 1. The zero-order valence-electron chi connectivity index (χ0n) is 11.1. The summed E-state index contributed by atoms with van der Waals surface area (Å²) in [5.41, 5.74) is 6.98. The molecular formula is C14H20ClN3O. The average molecular weight is 282 g/mol. The van der Waals surface area contributed by atoms with Crippen molar-refractivity contribution in [3.05, 3.63) is 28.8 Å². The van der Waals surface area contributed by atoms with Crippen molar-refractivity contribution in [2.75, 3.05) is 11.9 Å². The van der Waals surface area contributed by atoms with Gasteiger partial charge in [-0.3, -0.25) is 5.41 Å². The van der Waals surface area contributed by atoms with Crippen molar-refractivity contribution in [1.29, 1.82) is 5.41 Å². The topological polar surface area (TPSA) is 73.3 Å². The van der Waals surface area contributed by atoms with Crippen molar-refractivity contribution in [1.82, 2.24) is 0 Å². The van der Waals surface area contributed by atoms with Crippen LogP contribution in [-0.2, 0) is 0 Å². The Labute approximate surface area is 118 Å². The van der Waals surface area contributed by atoms with Gasteiger partial charge in [0.25, 0.3) is 0 Å². The minimum Gasteiger partial charge on any atom is -0.391 e. The highest BCUT2D eigenvalue weighted by Crippen LogP contribution is 2.31. The number of nitrogens with two attached hydrogens (primary N) is 1. The second-order valence-corrected chi connectivity index (χ2v) is 5.48. The molecule has 19 heavy (non-hydrogen) atoms. The molecule has 4 N–H and O–H groups in total. The number of halogens is 1. The minimum atomic E-state index is -0.336. The minimum absolute atomic E-state index is 0.0438. The largest absolute Gasteiger partial charge is 0.391 e. The van der Waals surface area contributed by atoms with Gasteiger partial charge in [0.05, 0.1) is 22.7 Å². The van der Waals surface area contributed by atoms with Gasteiger partial charge >= 0.3 is 0 Å². The number of rotatable bonds is 3. The van der Waals surface area contributed by atoms with Crippen LogP contribution >= 0.6 is 11.6 Å². The first kappa shape index (κ1) is 14.2. The van der Waals surface area contributed by atoms with E-state index < -0.39 is 0 Å². The summed E-state index contributed by atoms with van der Waals surface area (Å²) in [4.78, 5) is 2.01. The van der Waals surface area contributed by atoms with E-state index in [1.807, 2.05) is 24.1 Å². The van der Waals surface area contributed by atoms with Crippen LogP contribution in [0.5, 0.6) is 0 Å². The van der Waals surface area contributed by atoms with E-state index in [-0.39, 0.29) is 18.0 Å². The number of nitrogens with zero attached hydrogens (tertiary/aromatic N) is 1. The van der Waals surface area contributed by atoms with Gasteiger partial charge in [-0.15, -0.1) is 0 Å². The average Bonchev–Trinajstić information content (AvgIpc) is 2.37. The summed E-state index contributed by atoms with van der Waals surface area (Å²) < 4.78 is 0. The molecular weight excluding hydrogens is 262 g/mol. The maximum Gasteiger partial charge on any atom is 0.126 e.